The zero-order chi connectivity index (χ0) is 23.0. The number of rotatable bonds is 12. The average Bonchev–Trinajstić information content (AvgIpc) is 2.82. The lowest BCUT2D eigenvalue weighted by molar-refractivity contribution is 0.0490. The number of carbonyl (C=O) groups is 2. The summed E-state index contributed by atoms with van der Waals surface area (Å²) in [6.07, 6.45) is 15.4. The van der Waals surface area contributed by atoms with Crippen molar-refractivity contribution in [3.63, 3.8) is 0 Å². The molecule has 0 aliphatic carbocycles. The summed E-state index contributed by atoms with van der Waals surface area (Å²) < 4.78 is 10.4. The Morgan fingerprint density at radius 1 is 0.625 bits per heavy atom. The molecule has 2 aromatic rings. The highest BCUT2D eigenvalue weighted by Crippen LogP contribution is 2.10. The quantitative estimate of drug-likeness (QED) is 0.208. The molecule has 2 rings (SSSR count). The lowest BCUT2D eigenvalue weighted by atomic mass is 10.1. The number of carbonyl (C=O) groups excluding carboxylic acids is 2. The van der Waals surface area contributed by atoms with Crippen LogP contribution >= 0.6 is 0 Å². The first-order valence-electron chi connectivity index (χ1n) is 11.2. The predicted octanol–water partition coefficient (Wildman–Crippen LogP) is 6.88. The summed E-state index contributed by atoms with van der Waals surface area (Å²) in [5.41, 5.74) is 3.14. The number of esters is 2. The Morgan fingerprint density at radius 3 is 1.34 bits per heavy atom. The van der Waals surface area contributed by atoms with Gasteiger partial charge >= 0.3 is 11.9 Å². The molecule has 2 aromatic carbocycles. The van der Waals surface area contributed by atoms with Gasteiger partial charge in [-0.05, 0) is 48.2 Å². The number of hydrogen-bond donors (Lipinski definition) is 0. The minimum atomic E-state index is -0.277. The van der Waals surface area contributed by atoms with Crippen molar-refractivity contribution < 1.29 is 19.1 Å². The van der Waals surface area contributed by atoms with E-state index in [1.807, 2.05) is 60.7 Å². The van der Waals surface area contributed by atoms with Gasteiger partial charge < -0.3 is 9.47 Å². The second kappa shape index (κ2) is 14.6. The van der Waals surface area contributed by atoms with Crippen molar-refractivity contribution in [3.8, 4) is 0 Å². The second-order valence-electron chi connectivity index (χ2n) is 7.33. The van der Waals surface area contributed by atoms with Crippen LogP contribution in [-0.2, 0) is 9.47 Å². The van der Waals surface area contributed by atoms with Gasteiger partial charge in [0.2, 0.25) is 0 Å². The van der Waals surface area contributed by atoms with Crippen LogP contribution in [0.3, 0.4) is 0 Å². The Bertz CT molecular complexity index is 841. The molecule has 4 heteroatoms. The summed E-state index contributed by atoms with van der Waals surface area (Å²) >= 11 is 0. The van der Waals surface area contributed by atoms with E-state index < -0.39 is 0 Å². The van der Waals surface area contributed by atoms with Crippen LogP contribution < -0.4 is 0 Å². The van der Waals surface area contributed by atoms with E-state index >= 15 is 0 Å². The fourth-order valence-electron chi connectivity index (χ4n) is 2.71. The molecule has 0 N–H and O–H groups in total. The van der Waals surface area contributed by atoms with E-state index in [9.17, 15) is 9.59 Å². The Hall–Kier alpha value is -3.40. The largest absolute Gasteiger partial charge is 0.462 e. The molecule has 0 fully saturated rings. The van der Waals surface area contributed by atoms with Crippen LogP contribution in [0, 0.1) is 0 Å². The normalized spacial score (nSPS) is 11.4. The Morgan fingerprint density at radius 2 is 1.00 bits per heavy atom. The maximum atomic E-state index is 11.9. The number of unbranched alkanes of at least 4 members (excludes halogenated alkanes) is 2. The Kier molecular flexibility index (Phi) is 11.3. The number of benzene rings is 2. The first kappa shape index (κ1) is 24.9. The Labute approximate surface area is 191 Å². The van der Waals surface area contributed by atoms with Gasteiger partial charge in [0.05, 0.1) is 24.3 Å². The third-order valence-corrected chi connectivity index (χ3v) is 4.67. The molecule has 4 nitrogen and oxygen atoms in total. The highest BCUT2D eigenvalue weighted by molar-refractivity contribution is 5.90. The lowest BCUT2D eigenvalue weighted by Gasteiger charge is -2.03. The molecular weight excluding hydrogens is 400 g/mol. The molecule has 0 atom stereocenters. The Balaban J connectivity index is 1.79. The van der Waals surface area contributed by atoms with Gasteiger partial charge in [-0.25, -0.2) is 9.59 Å². The number of allylic oxidation sites excluding steroid dienone is 4. The minimum Gasteiger partial charge on any atom is -0.462 e. The van der Waals surface area contributed by atoms with Crippen molar-refractivity contribution in [2.45, 2.75) is 39.5 Å². The topological polar surface area (TPSA) is 52.6 Å². The fourth-order valence-corrected chi connectivity index (χ4v) is 2.71. The van der Waals surface area contributed by atoms with Crippen molar-refractivity contribution in [2.24, 2.45) is 0 Å². The third kappa shape index (κ3) is 9.17. The lowest BCUT2D eigenvalue weighted by Crippen LogP contribution is -2.06. The van der Waals surface area contributed by atoms with E-state index in [1.165, 1.54) is 0 Å². The maximum Gasteiger partial charge on any atom is 0.338 e. The summed E-state index contributed by atoms with van der Waals surface area (Å²) in [5.74, 6) is -0.555. The molecule has 0 spiro atoms. The molecule has 0 bridgehead atoms. The van der Waals surface area contributed by atoms with E-state index in [1.54, 1.807) is 24.3 Å². The van der Waals surface area contributed by atoms with Crippen LogP contribution in [0.5, 0.6) is 0 Å². The zero-order valence-corrected chi connectivity index (χ0v) is 19.0. The first-order valence-corrected chi connectivity index (χ1v) is 11.2. The van der Waals surface area contributed by atoms with Gasteiger partial charge in [0.1, 0.15) is 0 Å². The smallest absolute Gasteiger partial charge is 0.338 e. The van der Waals surface area contributed by atoms with E-state index in [0.29, 0.717) is 24.3 Å². The molecule has 0 aliphatic rings. The summed E-state index contributed by atoms with van der Waals surface area (Å²) in [6, 6.07) is 14.7. The van der Waals surface area contributed by atoms with E-state index in [2.05, 4.69) is 13.8 Å². The standard InChI is InChI=1S/C28H32O4/c1-3-5-21-31-27(29)25-17-13-23(14-18-25)11-9-7-8-10-12-24-15-19-26(20-16-24)28(30)32-22-6-4-2/h7-20H,3-6,21-22H2,1-2H3/b8-7+,11-9-,12-10-. The molecule has 0 saturated carbocycles. The maximum absolute atomic E-state index is 11.9. The van der Waals surface area contributed by atoms with Gasteiger partial charge in [0, 0.05) is 0 Å². The monoisotopic (exact) mass is 432 g/mol. The SMILES string of the molecule is CCCCOC(=O)c1ccc(\C=C/C=C/C=C\c2ccc(C(=O)OCCCC)cc2)cc1. The van der Waals surface area contributed by atoms with Crippen molar-refractivity contribution >= 4 is 24.1 Å². The van der Waals surface area contributed by atoms with E-state index in [0.717, 1.165) is 36.8 Å². The van der Waals surface area contributed by atoms with Crippen molar-refractivity contribution in [3.05, 3.63) is 95.1 Å². The van der Waals surface area contributed by atoms with Gasteiger partial charge in [-0.15, -0.1) is 0 Å². The minimum absolute atomic E-state index is 0.277. The second-order valence-corrected chi connectivity index (χ2v) is 7.33. The zero-order valence-electron chi connectivity index (χ0n) is 19.0. The first-order chi connectivity index (χ1) is 15.6. The van der Waals surface area contributed by atoms with Crippen LogP contribution in [0.1, 0.15) is 71.4 Å². The molecule has 0 heterocycles. The molecular formula is C28H32O4. The summed E-state index contributed by atoms with van der Waals surface area (Å²) in [6.45, 7) is 5.05. The van der Waals surface area contributed by atoms with Crippen LogP contribution in [0.2, 0.25) is 0 Å². The molecule has 0 aliphatic heterocycles. The van der Waals surface area contributed by atoms with Crippen molar-refractivity contribution in [2.75, 3.05) is 13.2 Å². The van der Waals surface area contributed by atoms with Gasteiger partial charge in [-0.2, -0.15) is 0 Å². The third-order valence-electron chi connectivity index (χ3n) is 4.67. The summed E-state index contributed by atoms with van der Waals surface area (Å²) in [4.78, 5) is 23.8. The van der Waals surface area contributed by atoms with E-state index in [-0.39, 0.29) is 11.9 Å². The molecule has 168 valence electrons. The molecule has 0 radical (unpaired) electrons. The summed E-state index contributed by atoms with van der Waals surface area (Å²) in [7, 11) is 0. The van der Waals surface area contributed by atoms with Crippen LogP contribution in [0.4, 0.5) is 0 Å². The number of hydrogen-bond acceptors (Lipinski definition) is 4. The van der Waals surface area contributed by atoms with Crippen molar-refractivity contribution in [1.29, 1.82) is 0 Å². The summed E-state index contributed by atoms with van der Waals surface area (Å²) in [5, 5.41) is 0. The molecule has 32 heavy (non-hydrogen) atoms. The molecule has 0 aromatic heterocycles. The highest BCUT2D eigenvalue weighted by atomic mass is 16.5. The highest BCUT2D eigenvalue weighted by Gasteiger charge is 2.06. The van der Waals surface area contributed by atoms with Crippen molar-refractivity contribution in [1.82, 2.24) is 0 Å². The fraction of sp³-hybridized carbons (Fsp3) is 0.286. The van der Waals surface area contributed by atoms with Crippen LogP contribution in [0.15, 0.2) is 72.8 Å². The van der Waals surface area contributed by atoms with Crippen LogP contribution in [-0.4, -0.2) is 25.2 Å². The van der Waals surface area contributed by atoms with Gasteiger partial charge in [-0.1, -0.05) is 87.4 Å². The van der Waals surface area contributed by atoms with E-state index in [4.69, 9.17) is 9.47 Å². The molecule has 0 amide bonds. The number of ether oxygens (including phenoxy) is 2. The van der Waals surface area contributed by atoms with Gasteiger partial charge in [0.25, 0.3) is 0 Å². The molecule has 0 unspecified atom stereocenters. The average molecular weight is 433 g/mol. The van der Waals surface area contributed by atoms with Gasteiger partial charge in [-0.3, -0.25) is 0 Å². The van der Waals surface area contributed by atoms with Gasteiger partial charge in [0.15, 0.2) is 0 Å². The van der Waals surface area contributed by atoms with Crippen LogP contribution in [0.25, 0.3) is 12.2 Å². The molecule has 0 saturated heterocycles. The predicted molar refractivity (Wildman–Crippen MR) is 130 cm³/mol.